The minimum absolute atomic E-state index is 0.388. The van der Waals surface area contributed by atoms with Crippen LogP contribution in [0.4, 0.5) is 0 Å². The van der Waals surface area contributed by atoms with Gasteiger partial charge in [0.1, 0.15) is 0 Å². The minimum atomic E-state index is -2.50. The maximum absolute atomic E-state index is 5.54. The molecule has 0 aliphatic rings. The summed E-state index contributed by atoms with van der Waals surface area (Å²) in [5, 5.41) is 0.388. The number of hydrogen-bond acceptors (Lipinski definition) is 6. The van der Waals surface area contributed by atoms with Gasteiger partial charge in [0.15, 0.2) is 0 Å². The minimum Gasteiger partial charge on any atom is -0.377 e. The predicted octanol–water partition coefficient (Wildman–Crippen LogP) is 5.29. The average Bonchev–Trinajstić information content (AvgIpc) is 2.74. The zero-order chi connectivity index (χ0) is 20.4. The first kappa shape index (κ1) is 23.0. The van der Waals surface area contributed by atoms with E-state index < -0.39 is 8.80 Å². The lowest BCUT2D eigenvalue weighted by atomic mass is 9.99. The van der Waals surface area contributed by atoms with Crippen molar-refractivity contribution in [3.05, 3.63) is 47.8 Å². The quantitative estimate of drug-likeness (QED) is 0.343. The monoisotopic (exact) mass is 420 g/mol. The number of aromatic nitrogens is 2. The summed E-state index contributed by atoms with van der Waals surface area (Å²) < 4.78 is 16.6. The van der Waals surface area contributed by atoms with Gasteiger partial charge < -0.3 is 13.3 Å². The van der Waals surface area contributed by atoms with Crippen LogP contribution in [-0.4, -0.2) is 45.9 Å². The van der Waals surface area contributed by atoms with E-state index in [0.29, 0.717) is 5.25 Å². The Morgan fingerprint density at radius 1 is 1.04 bits per heavy atom. The second-order valence-corrected chi connectivity index (χ2v) is 11.1. The summed E-state index contributed by atoms with van der Waals surface area (Å²) in [7, 11) is 2.52. The summed E-state index contributed by atoms with van der Waals surface area (Å²) in [6.07, 6.45) is 6.94. The molecule has 154 valence electrons. The fourth-order valence-corrected chi connectivity index (χ4v) is 6.77. The van der Waals surface area contributed by atoms with E-state index in [1.54, 1.807) is 21.3 Å². The van der Waals surface area contributed by atoms with Crippen LogP contribution in [0.1, 0.15) is 42.6 Å². The normalized spacial score (nSPS) is 12.9. The van der Waals surface area contributed by atoms with Crippen LogP contribution in [0.15, 0.2) is 36.7 Å². The van der Waals surface area contributed by atoms with Crippen molar-refractivity contribution < 1.29 is 13.3 Å². The molecule has 0 bridgehead atoms. The van der Waals surface area contributed by atoms with Gasteiger partial charge in [0.25, 0.3) is 0 Å². The van der Waals surface area contributed by atoms with E-state index in [2.05, 4.69) is 24.9 Å². The highest BCUT2D eigenvalue weighted by Gasteiger charge is 2.37. The van der Waals surface area contributed by atoms with Crippen LogP contribution >= 0.6 is 11.8 Å². The van der Waals surface area contributed by atoms with Gasteiger partial charge in [-0.1, -0.05) is 19.4 Å². The van der Waals surface area contributed by atoms with Gasteiger partial charge in [-0.05, 0) is 54.8 Å². The first-order valence-corrected chi connectivity index (χ1v) is 12.7. The number of pyridine rings is 2. The average molecular weight is 421 g/mol. The van der Waals surface area contributed by atoms with E-state index in [-0.39, 0.29) is 0 Å². The zero-order valence-electron chi connectivity index (χ0n) is 17.6. The molecular weight excluding hydrogens is 388 g/mol. The lowest BCUT2D eigenvalue weighted by molar-refractivity contribution is 0.123. The molecule has 1 unspecified atom stereocenters. The summed E-state index contributed by atoms with van der Waals surface area (Å²) in [5.41, 5.74) is 4.52. The van der Waals surface area contributed by atoms with Crippen molar-refractivity contribution in [2.75, 3.05) is 27.1 Å². The Hall–Kier alpha value is -1.25. The molecule has 0 aliphatic heterocycles. The number of thioether (sulfide) groups is 1. The molecule has 2 aromatic rings. The fourth-order valence-electron chi connectivity index (χ4n) is 3.33. The third kappa shape index (κ3) is 5.87. The van der Waals surface area contributed by atoms with Crippen molar-refractivity contribution in [1.29, 1.82) is 0 Å². The Kier molecular flexibility index (Phi) is 9.60. The molecule has 0 amide bonds. The molecule has 0 N–H and O–H groups in total. The van der Waals surface area contributed by atoms with Crippen molar-refractivity contribution >= 4 is 20.6 Å². The number of nitrogens with zero attached hydrogens (tertiary/aromatic N) is 2. The van der Waals surface area contributed by atoms with Gasteiger partial charge in [0, 0.05) is 45.0 Å². The fraction of sp³-hybridized carbons (Fsp3) is 0.524. The van der Waals surface area contributed by atoms with E-state index in [9.17, 15) is 0 Å². The first-order valence-electron chi connectivity index (χ1n) is 9.74. The van der Waals surface area contributed by atoms with Crippen molar-refractivity contribution in [2.24, 2.45) is 0 Å². The highest BCUT2D eigenvalue weighted by atomic mass is 32.2. The Balaban J connectivity index is 2.16. The molecule has 7 heteroatoms. The largest absolute Gasteiger partial charge is 0.500 e. The molecule has 0 saturated carbocycles. The molecule has 1 atom stereocenters. The van der Waals surface area contributed by atoms with E-state index >= 15 is 0 Å². The molecule has 0 aliphatic carbocycles. The number of aryl methyl sites for hydroxylation is 1. The zero-order valence-corrected chi connectivity index (χ0v) is 19.4. The molecule has 2 heterocycles. The molecule has 0 aromatic carbocycles. The topological polar surface area (TPSA) is 53.5 Å². The van der Waals surface area contributed by atoms with Crippen molar-refractivity contribution in [3.63, 3.8) is 0 Å². The van der Waals surface area contributed by atoms with Crippen LogP contribution in [-0.2, 0) is 13.3 Å². The second kappa shape index (κ2) is 11.7. The standard InChI is InChI=1S/C21H32N2O3SSi/c1-6-10-19(27-15-9-16-28(24-3,25-4)26-5)20-17(2)12-14-23-21(20)18-11-7-8-13-22-18/h7-8,11-14,19H,6,9-10,15-16H2,1-5H3. The second-order valence-electron chi connectivity index (χ2n) is 6.65. The summed E-state index contributed by atoms with van der Waals surface area (Å²) in [4.78, 5) is 9.23. The van der Waals surface area contributed by atoms with Crippen LogP contribution in [0, 0.1) is 6.92 Å². The maximum Gasteiger partial charge on any atom is 0.500 e. The van der Waals surface area contributed by atoms with E-state index in [4.69, 9.17) is 18.3 Å². The molecule has 0 spiro atoms. The van der Waals surface area contributed by atoms with Gasteiger partial charge in [-0.3, -0.25) is 9.97 Å². The SMILES string of the molecule is CCCC(SCCC[Si](OC)(OC)OC)c1c(C)ccnc1-c1ccccn1. The maximum atomic E-state index is 5.54. The third-order valence-electron chi connectivity index (χ3n) is 4.87. The molecular formula is C21H32N2O3SSi. The van der Waals surface area contributed by atoms with Crippen LogP contribution in [0.3, 0.4) is 0 Å². The van der Waals surface area contributed by atoms with Crippen molar-refractivity contribution in [2.45, 2.75) is 44.4 Å². The molecule has 0 saturated heterocycles. The molecule has 2 rings (SSSR count). The molecule has 5 nitrogen and oxygen atoms in total. The van der Waals surface area contributed by atoms with Crippen molar-refractivity contribution in [3.8, 4) is 11.4 Å². The smallest absolute Gasteiger partial charge is 0.377 e. The molecule has 0 radical (unpaired) electrons. The summed E-state index contributed by atoms with van der Waals surface area (Å²) in [6, 6.07) is 8.91. The highest BCUT2D eigenvalue weighted by molar-refractivity contribution is 7.99. The van der Waals surface area contributed by atoms with Gasteiger partial charge in [-0.15, -0.1) is 0 Å². The van der Waals surface area contributed by atoms with Gasteiger partial charge in [0.05, 0.1) is 11.4 Å². The predicted molar refractivity (Wildman–Crippen MR) is 119 cm³/mol. The molecule has 2 aromatic heterocycles. The number of rotatable bonds is 12. The lowest BCUT2D eigenvalue weighted by Gasteiger charge is -2.25. The third-order valence-corrected chi connectivity index (χ3v) is 9.10. The van der Waals surface area contributed by atoms with E-state index in [1.165, 1.54) is 11.1 Å². The van der Waals surface area contributed by atoms with Gasteiger partial charge >= 0.3 is 8.80 Å². The van der Waals surface area contributed by atoms with E-state index in [0.717, 1.165) is 42.4 Å². The Morgan fingerprint density at radius 3 is 2.39 bits per heavy atom. The van der Waals surface area contributed by atoms with Crippen LogP contribution in [0.2, 0.25) is 6.04 Å². The Labute approximate surface area is 174 Å². The van der Waals surface area contributed by atoms with Crippen LogP contribution in [0.25, 0.3) is 11.4 Å². The van der Waals surface area contributed by atoms with Crippen LogP contribution < -0.4 is 0 Å². The Morgan fingerprint density at radius 2 is 1.79 bits per heavy atom. The van der Waals surface area contributed by atoms with E-state index in [1.807, 2.05) is 42.4 Å². The molecule has 0 fully saturated rings. The Bertz CT molecular complexity index is 706. The first-order chi connectivity index (χ1) is 13.6. The summed E-state index contributed by atoms with van der Waals surface area (Å²) in [5.74, 6) is 1.02. The van der Waals surface area contributed by atoms with Gasteiger partial charge in [0.2, 0.25) is 0 Å². The van der Waals surface area contributed by atoms with Gasteiger partial charge in [-0.2, -0.15) is 11.8 Å². The van der Waals surface area contributed by atoms with Gasteiger partial charge in [-0.25, -0.2) is 0 Å². The summed E-state index contributed by atoms with van der Waals surface area (Å²) >= 11 is 1.98. The molecule has 28 heavy (non-hydrogen) atoms. The van der Waals surface area contributed by atoms with Crippen LogP contribution in [0.5, 0.6) is 0 Å². The number of hydrogen-bond donors (Lipinski definition) is 0. The van der Waals surface area contributed by atoms with Crippen molar-refractivity contribution in [1.82, 2.24) is 9.97 Å². The highest BCUT2D eigenvalue weighted by Crippen LogP contribution is 2.40. The summed E-state index contributed by atoms with van der Waals surface area (Å²) in [6.45, 7) is 4.41. The lowest BCUT2D eigenvalue weighted by Crippen LogP contribution is -2.42.